The second-order valence-electron chi connectivity index (χ2n) is 2.57. The molecule has 0 aliphatic carbocycles. The number of benzene rings is 1. The summed E-state index contributed by atoms with van der Waals surface area (Å²) in [6.07, 6.45) is 0.566. The van der Waals surface area contributed by atoms with E-state index < -0.39 is 17.7 Å². The molecule has 1 aromatic carbocycles. The molecule has 1 atom stereocenters. The van der Waals surface area contributed by atoms with Gasteiger partial charge in [-0.05, 0) is 13.1 Å². The lowest BCUT2D eigenvalue weighted by atomic mass is 10.1. The number of hydrogen-bond donors (Lipinski definition) is 1. The van der Waals surface area contributed by atoms with Gasteiger partial charge in [0.15, 0.2) is 0 Å². The number of aldehydes is 1. The molecule has 1 rings (SSSR count). The first-order valence-corrected chi connectivity index (χ1v) is 3.76. The number of carbonyl (C=O) groups is 1. The van der Waals surface area contributed by atoms with Crippen LogP contribution in [-0.4, -0.2) is 13.3 Å². The van der Waals surface area contributed by atoms with E-state index in [1.165, 1.54) is 13.1 Å². The Morgan fingerprint density at radius 3 is 2.62 bits per heavy atom. The maximum atomic E-state index is 13.0. The summed E-state index contributed by atoms with van der Waals surface area (Å²) in [7, 11) is 1.53. The number of nitrogens with one attached hydrogen (secondary N) is 1. The smallest absolute Gasteiger partial charge is 0.141 e. The fraction of sp³-hybridized carbons (Fsp3) is 0.222. The molecule has 0 aliphatic rings. The number of hydrogen-bond acceptors (Lipinski definition) is 2. The Hall–Kier alpha value is -1.29. The van der Waals surface area contributed by atoms with Crippen LogP contribution in [0.5, 0.6) is 0 Å². The van der Waals surface area contributed by atoms with Crippen LogP contribution in [0.15, 0.2) is 18.2 Å². The second kappa shape index (κ2) is 4.09. The summed E-state index contributed by atoms with van der Waals surface area (Å²) in [5.41, 5.74) is 0.152. The van der Waals surface area contributed by atoms with Crippen molar-refractivity contribution in [2.24, 2.45) is 0 Å². The zero-order chi connectivity index (χ0) is 9.84. The van der Waals surface area contributed by atoms with Crippen molar-refractivity contribution in [2.45, 2.75) is 6.04 Å². The molecule has 0 saturated carbocycles. The number of halogens is 2. The minimum absolute atomic E-state index is 0.152. The molecule has 1 unspecified atom stereocenters. The molecule has 0 heterocycles. The van der Waals surface area contributed by atoms with Crippen LogP contribution >= 0.6 is 0 Å². The van der Waals surface area contributed by atoms with Crippen LogP contribution in [0, 0.1) is 11.6 Å². The summed E-state index contributed by atoms with van der Waals surface area (Å²) in [5.74, 6) is -1.37. The average molecular weight is 185 g/mol. The molecule has 0 spiro atoms. The van der Waals surface area contributed by atoms with Gasteiger partial charge in [0.25, 0.3) is 0 Å². The van der Waals surface area contributed by atoms with Crippen LogP contribution in [0.1, 0.15) is 11.6 Å². The molecule has 1 aromatic rings. The van der Waals surface area contributed by atoms with E-state index >= 15 is 0 Å². The van der Waals surface area contributed by atoms with Crippen LogP contribution < -0.4 is 5.32 Å². The van der Waals surface area contributed by atoms with Gasteiger partial charge in [0.2, 0.25) is 0 Å². The third-order valence-corrected chi connectivity index (χ3v) is 1.74. The first-order chi connectivity index (χ1) is 6.19. The molecule has 0 fully saturated rings. The first-order valence-electron chi connectivity index (χ1n) is 3.76. The molecule has 0 bridgehead atoms. The predicted molar refractivity (Wildman–Crippen MR) is 44.2 cm³/mol. The fourth-order valence-electron chi connectivity index (χ4n) is 1.05. The van der Waals surface area contributed by atoms with E-state index in [4.69, 9.17) is 0 Å². The van der Waals surface area contributed by atoms with E-state index in [2.05, 4.69) is 5.32 Å². The van der Waals surface area contributed by atoms with Crippen molar-refractivity contribution in [3.8, 4) is 0 Å². The van der Waals surface area contributed by atoms with Gasteiger partial charge < -0.3 is 10.1 Å². The number of rotatable bonds is 3. The molecule has 2 nitrogen and oxygen atoms in total. The summed E-state index contributed by atoms with van der Waals surface area (Å²) < 4.78 is 25.5. The van der Waals surface area contributed by atoms with Gasteiger partial charge in [0.1, 0.15) is 17.9 Å². The zero-order valence-corrected chi connectivity index (χ0v) is 7.05. The van der Waals surface area contributed by atoms with Gasteiger partial charge in [-0.2, -0.15) is 0 Å². The quantitative estimate of drug-likeness (QED) is 0.721. The van der Waals surface area contributed by atoms with Crippen molar-refractivity contribution in [3.05, 3.63) is 35.4 Å². The Morgan fingerprint density at radius 1 is 1.46 bits per heavy atom. The molecule has 0 amide bonds. The Balaban J connectivity index is 3.06. The van der Waals surface area contributed by atoms with Crippen LogP contribution in [0.3, 0.4) is 0 Å². The number of carbonyl (C=O) groups excluding carboxylic acids is 1. The monoisotopic (exact) mass is 185 g/mol. The Labute approximate surface area is 74.6 Å². The highest BCUT2D eigenvalue weighted by atomic mass is 19.1. The minimum Gasteiger partial charge on any atom is -0.307 e. The maximum absolute atomic E-state index is 13.0. The maximum Gasteiger partial charge on any atom is 0.141 e. The van der Waals surface area contributed by atoms with Crippen molar-refractivity contribution in [1.29, 1.82) is 0 Å². The average Bonchev–Trinajstić information content (AvgIpc) is 2.10. The summed E-state index contributed by atoms with van der Waals surface area (Å²) in [6, 6.07) is 2.40. The zero-order valence-electron chi connectivity index (χ0n) is 7.05. The third-order valence-electron chi connectivity index (χ3n) is 1.74. The molecular formula is C9H9F2NO. The van der Waals surface area contributed by atoms with E-state index in [9.17, 15) is 13.6 Å². The predicted octanol–water partition coefficient (Wildman–Crippen LogP) is 1.42. The van der Waals surface area contributed by atoms with Crippen LogP contribution in [-0.2, 0) is 4.79 Å². The molecule has 4 heteroatoms. The lowest BCUT2D eigenvalue weighted by Crippen LogP contribution is -2.18. The Morgan fingerprint density at radius 2 is 2.15 bits per heavy atom. The topological polar surface area (TPSA) is 29.1 Å². The van der Waals surface area contributed by atoms with Crippen molar-refractivity contribution in [3.63, 3.8) is 0 Å². The van der Waals surface area contributed by atoms with Gasteiger partial charge in [-0.3, -0.25) is 0 Å². The third kappa shape index (κ3) is 2.09. The van der Waals surface area contributed by atoms with Gasteiger partial charge in [-0.15, -0.1) is 0 Å². The van der Waals surface area contributed by atoms with Crippen molar-refractivity contribution in [1.82, 2.24) is 5.32 Å². The van der Waals surface area contributed by atoms with E-state index in [1.54, 1.807) is 0 Å². The Bertz CT molecular complexity index is 314. The molecule has 0 aliphatic heterocycles. The summed E-state index contributed by atoms with van der Waals surface area (Å²) in [6.45, 7) is 0. The van der Waals surface area contributed by atoms with Crippen molar-refractivity contribution < 1.29 is 13.6 Å². The van der Waals surface area contributed by atoms with E-state index in [1.807, 2.05) is 0 Å². The summed E-state index contributed by atoms with van der Waals surface area (Å²) in [5, 5.41) is 2.60. The normalized spacial score (nSPS) is 12.5. The van der Waals surface area contributed by atoms with E-state index in [0.717, 1.165) is 12.1 Å². The summed E-state index contributed by atoms with van der Waals surface area (Å²) in [4.78, 5) is 10.5. The lowest BCUT2D eigenvalue weighted by Gasteiger charge is -2.09. The SMILES string of the molecule is CNC(C=O)c1ccc(F)cc1F. The van der Waals surface area contributed by atoms with Crippen LogP contribution in [0.2, 0.25) is 0 Å². The van der Waals surface area contributed by atoms with Gasteiger partial charge in [0, 0.05) is 11.6 Å². The van der Waals surface area contributed by atoms with Crippen LogP contribution in [0.4, 0.5) is 8.78 Å². The molecule has 1 N–H and O–H groups in total. The lowest BCUT2D eigenvalue weighted by molar-refractivity contribution is -0.109. The van der Waals surface area contributed by atoms with Gasteiger partial charge >= 0.3 is 0 Å². The standard InChI is InChI=1S/C9H9F2NO/c1-12-9(5-13)7-3-2-6(10)4-8(7)11/h2-5,9,12H,1H3. The van der Waals surface area contributed by atoms with Gasteiger partial charge in [-0.25, -0.2) is 8.78 Å². The summed E-state index contributed by atoms with van der Waals surface area (Å²) >= 11 is 0. The molecule has 0 aromatic heterocycles. The highest BCUT2D eigenvalue weighted by Gasteiger charge is 2.12. The van der Waals surface area contributed by atoms with E-state index in [-0.39, 0.29) is 5.56 Å². The van der Waals surface area contributed by atoms with Crippen molar-refractivity contribution >= 4 is 6.29 Å². The fourth-order valence-corrected chi connectivity index (χ4v) is 1.05. The highest BCUT2D eigenvalue weighted by Crippen LogP contribution is 2.15. The first kappa shape index (κ1) is 9.80. The van der Waals surface area contributed by atoms with Gasteiger partial charge in [0.05, 0.1) is 6.04 Å². The Kier molecular flexibility index (Phi) is 3.08. The van der Waals surface area contributed by atoms with Gasteiger partial charge in [-0.1, -0.05) is 6.07 Å². The molecule has 13 heavy (non-hydrogen) atoms. The molecular weight excluding hydrogens is 176 g/mol. The van der Waals surface area contributed by atoms with E-state index in [0.29, 0.717) is 6.29 Å². The molecule has 70 valence electrons. The van der Waals surface area contributed by atoms with Crippen molar-refractivity contribution in [2.75, 3.05) is 7.05 Å². The molecule has 0 radical (unpaired) electrons. The highest BCUT2D eigenvalue weighted by molar-refractivity contribution is 5.61. The minimum atomic E-state index is -0.722. The van der Waals surface area contributed by atoms with Crippen LogP contribution in [0.25, 0.3) is 0 Å². The molecule has 0 saturated heterocycles. The number of likely N-dealkylation sites (N-methyl/N-ethyl adjacent to an activating group) is 1. The second-order valence-corrected chi connectivity index (χ2v) is 2.57. The largest absolute Gasteiger partial charge is 0.307 e.